The number of hydrogen-bond acceptors (Lipinski definition) is 2. The van der Waals surface area contributed by atoms with Crippen LogP contribution in [0, 0.1) is 18.3 Å². The minimum Gasteiger partial charge on any atom is -0.321 e. The van der Waals surface area contributed by atoms with Gasteiger partial charge in [0, 0.05) is 34.2 Å². The van der Waals surface area contributed by atoms with Crippen LogP contribution in [0.4, 0.5) is 0 Å². The van der Waals surface area contributed by atoms with Gasteiger partial charge >= 0.3 is 0 Å². The van der Waals surface area contributed by atoms with E-state index in [0.717, 1.165) is 11.4 Å². The number of aryl methyl sites for hydroxylation is 1. The largest absolute Gasteiger partial charge is 0.321 e. The lowest BCUT2D eigenvalue weighted by atomic mass is 10.2. The minimum atomic E-state index is -0.0979. The molecule has 0 spiro atoms. The summed E-state index contributed by atoms with van der Waals surface area (Å²) in [6, 6.07) is 10.9. The first kappa shape index (κ1) is 12.4. The molecule has 90 valence electrons. The van der Waals surface area contributed by atoms with Crippen LogP contribution in [-0.2, 0) is 6.42 Å². The second kappa shape index (κ2) is 5.07. The van der Waals surface area contributed by atoms with Crippen molar-refractivity contribution in [1.29, 1.82) is 5.26 Å². The van der Waals surface area contributed by atoms with Crippen molar-refractivity contribution in [3.05, 3.63) is 63.0 Å². The SMILES string of the molecule is Cc1cc(=O)c(CC#N)cn1-c1ccc(Cl)cc1. The average Bonchev–Trinajstić information content (AvgIpc) is 2.34. The van der Waals surface area contributed by atoms with E-state index in [9.17, 15) is 4.79 Å². The molecular weight excluding hydrogens is 248 g/mol. The van der Waals surface area contributed by atoms with E-state index in [1.165, 1.54) is 0 Å². The summed E-state index contributed by atoms with van der Waals surface area (Å²) in [5.74, 6) is 0. The topological polar surface area (TPSA) is 45.8 Å². The Bertz CT molecular complexity index is 666. The third-order valence-electron chi connectivity index (χ3n) is 2.70. The van der Waals surface area contributed by atoms with E-state index in [1.54, 1.807) is 24.4 Å². The molecule has 0 fully saturated rings. The van der Waals surface area contributed by atoms with Gasteiger partial charge in [0.15, 0.2) is 5.43 Å². The molecule has 1 aromatic carbocycles. The molecule has 0 amide bonds. The third kappa shape index (κ3) is 2.44. The molecule has 0 bridgehead atoms. The highest BCUT2D eigenvalue weighted by Crippen LogP contribution is 2.15. The molecular formula is C14H11ClN2O. The molecule has 0 aliphatic carbocycles. The summed E-state index contributed by atoms with van der Waals surface area (Å²) in [4.78, 5) is 11.7. The quantitative estimate of drug-likeness (QED) is 0.831. The van der Waals surface area contributed by atoms with Crippen LogP contribution in [0.15, 0.2) is 41.3 Å². The Balaban J connectivity index is 2.57. The summed E-state index contributed by atoms with van der Waals surface area (Å²) in [5.41, 5.74) is 2.14. The second-order valence-corrected chi connectivity index (χ2v) is 4.42. The zero-order valence-electron chi connectivity index (χ0n) is 9.85. The van der Waals surface area contributed by atoms with Crippen LogP contribution < -0.4 is 5.43 Å². The van der Waals surface area contributed by atoms with Crippen LogP contribution in [0.5, 0.6) is 0 Å². The number of rotatable bonds is 2. The maximum Gasteiger partial charge on any atom is 0.186 e. The van der Waals surface area contributed by atoms with Gasteiger partial charge in [-0.2, -0.15) is 5.26 Å². The Hall–Kier alpha value is -2.05. The predicted molar refractivity (Wildman–Crippen MR) is 71.1 cm³/mol. The van der Waals surface area contributed by atoms with Gasteiger partial charge in [0.1, 0.15) is 0 Å². The first-order valence-electron chi connectivity index (χ1n) is 5.47. The van der Waals surface area contributed by atoms with E-state index in [4.69, 9.17) is 16.9 Å². The van der Waals surface area contributed by atoms with Crippen molar-refractivity contribution >= 4 is 11.6 Å². The summed E-state index contributed by atoms with van der Waals surface area (Å²) in [6.45, 7) is 1.85. The summed E-state index contributed by atoms with van der Waals surface area (Å²) in [6.07, 6.45) is 1.83. The first-order valence-corrected chi connectivity index (χ1v) is 5.84. The van der Waals surface area contributed by atoms with Gasteiger partial charge in [-0.25, -0.2) is 0 Å². The highest BCUT2D eigenvalue weighted by atomic mass is 35.5. The van der Waals surface area contributed by atoms with Gasteiger partial charge in [0.05, 0.1) is 12.5 Å². The van der Waals surface area contributed by atoms with Gasteiger partial charge in [-0.3, -0.25) is 4.79 Å². The van der Waals surface area contributed by atoms with Gasteiger partial charge in [-0.1, -0.05) is 11.6 Å². The molecule has 2 aromatic rings. The highest BCUT2D eigenvalue weighted by molar-refractivity contribution is 6.30. The van der Waals surface area contributed by atoms with Gasteiger partial charge in [0.25, 0.3) is 0 Å². The molecule has 0 radical (unpaired) electrons. The van der Waals surface area contributed by atoms with E-state index in [0.29, 0.717) is 10.6 Å². The fraction of sp³-hybridized carbons (Fsp3) is 0.143. The molecule has 1 aromatic heterocycles. The zero-order chi connectivity index (χ0) is 13.1. The van der Waals surface area contributed by atoms with E-state index in [2.05, 4.69) is 0 Å². The summed E-state index contributed by atoms with van der Waals surface area (Å²) in [5, 5.41) is 9.36. The molecule has 2 rings (SSSR count). The molecule has 4 heteroatoms. The van der Waals surface area contributed by atoms with E-state index in [1.807, 2.05) is 29.7 Å². The Labute approximate surface area is 110 Å². The fourth-order valence-electron chi connectivity index (χ4n) is 1.77. The first-order chi connectivity index (χ1) is 8.61. The Kier molecular flexibility index (Phi) is 3.50. The average molecular weight is 259 g/mol. The van der Waals surface area contributed by atoms with Gasteiger partial charge in [-0.15, -0.1) is 0 Å². The van der Waals surface area contributed by atoms with Gasteiger partial charge in [-0.05, 0) is 31.2 Å². The molecule has 0 atom stereocenters. The predicted octanol–water partition coefficient (Wildman–Crippen LogP) is 2.87. The number of pyridine rings is 1. The van der Waals surface area contributed by atoms with Crippen LogP contribution in [0.1, 0.15) is 11.3 Å². The molecule has 0 unspecified atom stereocenters. The highest BCUT2D eigenvalue weighted by Gasteiger charge is 2.05. The van der Waals surface area contributed by atoms with Crippen molar-refractivity contribution in [1.82, 2.24) is 4.57 Å². The Morgan fingerprint density at radius 2 is 2.00 bits per heavy atom. The van der Waals surface area contributed by atoms with Gasteiger partial charge in [0.2, 0.25) is 0 Å². The summed E-state index contributed by atoms with van der Waals surface area (Å²) in [7, 11) is 0. The molecule has 1 heterocycles. The smallest absolute Gasteiger partial charge is 0.186 e. The number of halogens is 1. The molecule has 0 saturated heterocycles. The Morgan fingerprint density at radius 1 is 1.33 bits per heavy atom. The number of hydrogen-bond donors (Lipinski definition) is 0. The number of nitriles is 1. The van der Waals surface area contributed by atoms with Crippen molar-refractivity contribution in [2.24, 2.45) is 0 Å². The Morgan fingerprint density at radius 3 is 2.61 bits per heavy atom. The van der Waals surface area contributed by atoms with E-state index < -0.39 is 0 Å². The molecule has 0 saturated carbocycles. The molecule has 3 nitrogen and oxygen atoms in total. The minimum absolute atomic E-state index is 0.0979. The molecule has 0 aliphatic rings. The summed E-state index contributed by atoms with van der Waals surface area (Å²) < 4.78 is 1.88. The molecule has 0 N–H and O–H groups in total. The van der Waals surface area contributed by atoms with Crippen molar-refractivity contribution < 1.29 is 0 Å². The maximum absolute atomic E-state index is 11.7. The summed E-state index contributed by atoms with van der Waals surface area (Å²) >= 11 is 5.84. The molecule has 18 heavy (non-hydrogen) atoms. The van der Waals surface area contributed by atoms with Crippen molar-refractivity contribution in [2.75, 3.05) is 0 Å². The molecule has 0 aliphatic heterocycles. The van der Waals surface area contributed by atoms with Crippen molar-refractivity contribution in [3.63, 3.8) is 0 Å². The van der Waals surface area contributed by atoms with Crippen LogP contribution in [0.25, 0.3) is 5.69 Å². The van der Waals surface area contributed by atoms with E-state index >= 15 is 0 Å². The van der Waals surface area contributed by atoms with Crippen molar-refractivity contribution in [3.8, 4) is 11.8 Å². The van der Waals surface area contributed by atoms with Crippen LogP contribution in [-0.4, -0.2) is 4.57 Å². The lowest BCUT2D eigenvalue weighted by molar-refractivity contribution is 0.949. The number of nitrogens with zero attached hydrogens (tertiary/aromatic N) is 2. The van der Waals surface area contributed by atoms with Crippen LogP contribution >= 0.6 is 11.6 Å². The van der Waals surface area contributed by atoms with Gasteiger partial charge < -0.3 is 4.57 Å². The van der Waals surface area contributed by atoms with Crippen LogP contribution in [0.3, 0.4) is 0 Å². The second-order valence-electron chi connectivity index (χ2n) is 3.99. The number of benzene rings is 1. The number of aromatic nitrogens is 1. The van der Waals surface area contributed by atoms with E-state index in [-0.39, 0.29) is 11.8 Å². The maximum atomic E-state index is 11.7. The lowest BCUT2D eigenvalue weighted by Crippen LogP contribution is -2.13. The lowest BCUT2D eigenvalue weighted by Gasteiger charge is -2.11. The van der Waals surface area contributed by atoms with Crippen molar-refractivity contribution in [2.45, 2.75) is 13.3 Å². The normalized spacial score (nSPS) is 10.1. The zero-order valence-corrected chi connectivity index (χ0v) is 10.6. The standard InChI is InChI=1S/C14H11ClN2O/c1-10-8-14(18)11(6-7-16)9-17(10)13-4-2-12(15)3-5-13/h2-5,8-9H,6H2,1H3. The monoisotopic (exact) mass is 258 g/mol. The third-order valence-corrected chi connectivity index (χ3v) is 2.95. The fourth-order valence-corrected chi connectivity index (χ4v) is 1.90. The van der Waals surface area contributed by atoms with Crippen LogP contribution in [0.2, 0.25) is 5.02 Å².